The van der Waals surface area contributed by atoms with Crippen LogP contribution in [0.5, 0.6) is 0 Å². The quantitative estimate of drug-likeness (QED) is 0.718. The van der Waals surface area contributed by atoms with Crippen LogP contribution in [0.1, 0.15) is 17.2 Å². The molecule has 0 N–H and O–H groups in total. The van der Waals surface area contributed by atoms with E-state index in [1.54, 1.807) is 0 Å². The molecule has 0 aliphatic carbocycles. The molecular weight excluding hydrogens is 218 g/mol. The Hall–Kier alpha value is -2.20. The summed E-state index contributed by atoms with van der Waals surface area (Å²) >= 11 is 0. The number of para-hydroxylation sites is 1. The van der Waals surface area contributed by atoms with Crippen molar-refractivity contribution in [2.75, 3.05) is 11.4 Å². The van der Waals surface area contributed by atoms with Crippen LogP contribution in [-0.2, 0) is 6.42 Å². The SMILES string of the molecule is C#CCN1c2ccccc2CC1c1ccccc1. The van der Waals surface area contributed by atoms with Gasteiger partial charge in [0.2, 0.25) is 0 Å². The Labute approximate surface area is 108 Å². The lowest BCUT2D eigenvalue weighted by Gasteiger charge is -2.25. The molecular formula is C17H15N. The highest BCUT2D eigenvalue weighted by Crippen LogP contribution is 2.39. The Bertz CT molecular complexity index is 580. The van der Waals surface area contributed by atoms with Gasteiger partial charge < -0.3 is 4.90 Å². The van der Waals surface area contributed by atoms with E-state index in [2.05, 4.69) is 65.4 Å². The predicted molar refractivity (Wildman–Crippen MR) is 75.5 cm³/mol. The van der Waals surface area contributed by atoms with Crippen LogP contribution < -0.4 is 4.90 Å². The third-order valence-electron chi connectivity index (χ3n) is 3.54. The molecule has 0 spiro atoms. The Morgan fingerprint density at radius 2 is 1.78 bits per heavy atom. The highest BCUT2D eigenvalue weighted by Gasteiger charge is 2.29. The number of hydrogen-bond donors (Lipinski definition) is 0. The van der Waals surface area contributed by atoms with Gasteiger partial charge in [0.25, 0.3) is 0 Å². The minimum atomic E-state index is 0.375. The van der Waals surface area contributed by atoms with E-state index in [-0.39, 0.29) is 0 Å². The standard InChI is InChI=1S/C17H15N/c1-2-12-18-16-11-7-6-10-15(16)13-17(18)14-8-4-3-5-9-14/h1,3-11,17H,12-13H2. The maximum Gasteiger partial charge on any atom is 0.0798 e. The highest BCUT2D eigenvalue weighted by molar-refractivity contribution is 5.61. The summed E-state index contributed by atoms with van der Waals surface area (Å²) in [5.41, 5.74) is 4.01. The van der Waals surface area contributed by atoms with Gasteiger partial charge >= 0.3 is 0 Å². The van der Waals surface area contributed by atoms with Crippen molar-refractivity contribution < 1.29 is 0 Å². The summed E-state index contributed by atoms with van der Waals surface area (Å²) in [7, 11) is 0. The lowest BCUT2D eigenvalue weighted by atomic mass is 10.0. The Morgan fingerprint density at radius 3 is 2.56 bits per heavy atom. The summed E-state index contributed by atoms with van der Waals surface area (Å²) in [6.45, 7) is 0.663. The Balaban J connectivity index is 2.01. The predicted octanol–water partition coefficient (Wildman–Crippen LogP) is 3.42. The van der Waals surface area contributed by atoms with Crippen LogP contribution in [0, 0.1) is 12.3 Å². The van der Waals surface area contributed by atoms with Gasteiger partial charge in [0, 0.05) is 5.69 Å². The zero-order valence-electron chi connectivity index (χ0n) is 10.2. The molecule has 1 nitrogen and oxygen atoms in total. The van der Waals surface area contributed by atoms with E-state index in [1.807, 2.05) is 0 Å². The second kappa shape index (κ2) is 4.58. The van der Waals surface area contributed by atoms with Crippen molar-refractivity contribution in [1.82, 2.24) is 0 Å². The normalized spacial score (nSPS) is 17.3. The van der Waals surface area contributed by atoms with Gasteiger partial charge in [0.05, 0.1) is 12.6 Å². The summed E-state index contributed by atoms with van der Waals surface area (Å²) in [5.74, 6) is 2.78. The number of fused-ring (bicyclic) bond motifs is 1. The van der Waals surface area contributed by atoms with E-state index in [9.17, 15) is 0 Å². The molecule has 0 radical (unpaired) electrons. The van der Waals surface area contributed by atoms with Gasteiger partial charge in [-0.1, -0.05) is 54.5 Å². The van der Waals surface area contributed by atoms with Gasteiger partial charge in [-0.2, -0.15) is 0 Å². The van der Waals surface area contributed by atoms with Crippen LogP contribution in [0.4, 0.5) is 5.69 Å². The van der Waals surface area contributed by atoms with Crippen LogP contribution in [0.25, 0.3) is 0 Å². The molecule has 0 saturated heterocycles. The van der Waals surface area contributed by atoms with Gasteiger partial charge in [-0.15, -0.1) is 6.42 Å². The fourth-order valence-corrected chi connectivity index (χ4v) is 2.72. The van der Waals surface area contributed by atoms with Crippen molar-refractivity contribution in [2.24, 2.45) is 0 Å². The molecule has 0 saturated carbocycles. The molecule has 0 aromatic heterocycles. The average molecular weight is 233 g/mol. The average Bonchev–Trinajstić information content (AvgIpc) is 2.80. The third kappa shape index (κ3) is 1.76. The smallest absolute Gasteiger partial charge is 0.0798 e. The second-order valence-electron chi connectivity index (χ2n) is 4.59. The molecule has 1 atom stereocenters. The van der Waals surface area contributed by atoms with Crippen molar-refractivity contribution in [3.8, 4) is 12.3 Å². The number of nitrogens with zero attached hydrogens (tertiary/aromatic N) is 1. The molecule has 1 heterocycles. The van der Waals surface area contributed by atoms with Gasteiger partial charge in [-0.25, -0.2) is 0 Å². The van der Waals surface area contributed by atoms with E-state index < -0.39 is 0 Å². The summed E-state index contributed by atoms with van der Waals surface area (Å²) in [6.07, 6.45) is 6.56. The molecule has 1 unspecified atom stereocenters. The van der Waals surface area contributed by atoms with Crippen molar-refractivity contribution in [3.63, 3.8) is 0 Å². The number of benzene rings is 2. The molecule has 3 rings (SSSR count). The molecule has 1 heteroatoms. The van der Waals surface area contributed by atoms with Crippen molar-refractivity contribution in [1.29, 1.82) is 0 Å². The van der Waals surface area contributed by atoms with Gasteiger partial charge in [-0.05, 0) is 23.6 Å². The van der Waals surface area contributed by atoms with E-state index in [1.165, 1.54) is 16.8 Å². The van der Waals surface area contributed by atoms with E-state index in [0.29, 0.717) is 12.6 Å². The van der Waals surface area contributed by atoms with Crippen LogP contribution in [-0.4, -0.2) is 6.54 Å². The maximum absolute atomic E-state index is 5.51. The first kappa shape index (κ1) is 10.9. The fourth-order valence-electron chi connectivity index (χ4n) is 2.72. The molecule has 1 aliphatic heterocycles. The van der Waals surface area contributed by atoms with Gasteiger partial charge in [0.15, 0.2) is 0 Å². The van der Waals surface area contributed by atoms with E-state index >= 15 is 0 Å². The first-order chi connectivity index (χ1) is 8.90. The van der Waals surface area contributed by atoms with Crippen molar-refractivity contribution in [2.45, 2.75) is 12.5 Å². The summed E-state index contributed by atoms with van der Waals surface area (Å²) in [6, 6.07) is 19.5. The summed E-state index contributed by atoms with van der Waals surface area (Å²) in [4.78, 5) is 2.32. The third-order valence-corrected chi connectivity index (χ3v) is 3.54. The van der Waals surface area contributed by atoms with Crippen LogP contribution in [0.15, 0.2) is 54.6 Å². The molecule has 88 valence electrons. The van der Waals surface area contributed by atoms with Gasteiger partial charge in [-0.3, -0.25) is 0 Å². The molecule has 1 aliphatic rings. The Kier molecular flexibility index (Phi) is 2.78. The molecule has 18 heavy (non-hydrogen) atoms. The minimum Gasteiger partial charge on any atom is -0.353 e. The number of rotatable bonds is 2. The van der Waals surface area contributed by atoms with Gasteiger partial charge in [0.1, 0.15) is 0 Å². The zero-order valence-corrected chi connectivity index (χ0v) is 10.2. The topological polar surface area (TPSA) is 3.24 Å². The molecule has 2 aromatic carbocycles. The number of anilines is 1. The van der Waals surface area contributed by atoms with E-state index in [0.717, 1.165) is 6.42 Å². The minimum absolute atomic E-state index is 0.375. The molecule has 0 bridgehead atoms. The van der Waals surface area contributed by atoms with E-state index in [4.69, 9.17) is 6.42 Å². The summed E-state index contributed by atoms with van der Waals surface area (Å²) < 4.78 is 0. The van der Waals surface area contributed by atoms with Crippen LogP contribution >= 0.6 is 0 Å². The first-order valence-electron chi connectivity index (χ1n) is 6.23. The number of hydrogen-bond acceptors (Lipinski definition) is 1. The number of terminal acetylenes is 1. The highest BCUT2D eigenvalue weighted by atomic mass is 15.2. The summed E-state index contributed by atoms with van der Waals surface area (Å²) in [5, 5.41) is 0. The van der Waals surface area contributed by atoms with Crippen molar-refractivity contribution in [3.05, 3.63) is 65.7 Å². The van der Waals surface area contributed by atoms with Crippen LogP contribution in [0.3, 0.4) is 0 Å². The zero-order chi connectivity index (χ0) is 12.4. The second-order valence-corrected chi connectivity index (χ2v) is 4.59. The molecule has 2 aromatic rings. The first-order valence-corrected chi connectivity index (χ1v) is 6.23. The monoisotopic (exact) mass is 233 g/mol. The molecule has 0 fully saturated rings. The molecule has 0 amide bonds. The lowest BCUT2D eigenvalue weighted by molar-refractivity contribution is 0.696. The maximum atomic E-state index is 5.51. The lowest BCUT2D eigenvalue weighted by Crippen LogP contribution is -2.25. The Morgan fingerprint density at radius 1 is 1.06 bits per heavy atom. The van der Waals surface area contributed by atoms with Crippen molar-refractivity contribution >= 4 is 5.69 Å². The largest absolute Gasteiger partial charge is 0.353 e. The fraction of sp³-hybridized carbons (Fsp3) is 0.176. The van der Waals surface area contributed by atoms with Crippen LogP contribution in [0.2, 0.25) is 0 Å².